The smallest absolute Gasteiger partial charge is 0.241 e. The predicted molar refractivity (Wildman–Crippen MR) is 89.1 cm³/mol. The van der Waals surface area contributed by atoms with Gasteiger partial charge in [0.25, 0.3) is 0 Å². The minimum atomic E-state index is 0.107. The van der Waals surface area contributed by atoms with Crippen molar-refractivity contribution in [2.24, 2.45) is 0 Å². The van der Waals surface area contributed by atoms with Gasteiger partial charge in [-0.2, -0.15) is 0 Å². The van der Waals surface area contributed by atoms with Gasteiger partial charge in [-0.15, -0.1) is 0 Å². The molecule has 6 nitrogen and oxygen atoms in total. The highest BCUT2D eigenvalue weighted by atomic mass is 16.2. The number of piperazine rings is 1. The van der Waals surface area contributed by atoms with E-state index in [0.29, 0.717) is 32.2 Å². The lowest BCUT2D eigenvalue weighted by atomic mass is 10.3. The zero-order valence-electron chi connectivity index (χ0n) is 13.3. The Morgan fingerprint density at radius 1 is 1.04 bits per heavy atom. The van der Waals surface area contributed by atoms with Gasteiger partial charge in [0.15, 0.2) is 0 Å². The van der Waals surface area contributed by atoms with Crippen molar-refractivity contribution in [3.05, 3.63) is 30.3 Å². The second kappa shape index (κ2) is 7.46. The lowest BCUT2D eigenvalue weighted by Crippen LogP contribution is -2.52. The first kappa shape index (κ1) is 15.8. The van der Waals surface area contributed by atoms with Crippen molar-refractivity contribution in [1.29, 1.82) is 0 Å². The van der Waals surface area contributed by atoms with Crippen molar-refractivity contribution < 1.29 is 9.59 Å². The van der Waals surface area contributed by atoms with Crippen LogP contribution in [0.1, 0.15) is 12.8 Å². The van der Waals surface area contributed by atoms with Crippen LogP contribution in [-0.2, 0) is 9.59 Å². The lowest BCUT2D eigenvalue weighted by molar-refractivity contribution is -0.131. The number of para-hydroxylation sites is 1. The summed E-state index contributed by atoms with van der Waals surface area (Å²) < 4.78 is 0. The Labute approximate surface area is 136 Å². The number of nitrogens with zero attached hydrogens (tertiary/aromatic N) is 2. The summed E-state index contributed by atoms with van der Waals surface area (Å²) in [5.74, 6) is 0.217. The molecule has 0 aromatic heterocycles. The molecule has 2 aliphatic rings. The summed E-state index contributed by atoms with van der Waals surface area (Å²) >= 11 is 0. The topological polar surface area (TPSA) is 64.7 Å². The van der Waals surface area contributed by atoms with Gasteiger partial charge in [-0.1, -0.05) is 18.2 Å². The minimum absolute atomic E-state index is 0.107. The maximum Gasteiger partial charge on any atom is 0.241 e. The van der Waals surface area contributed by atoms with Crippen LogP contribution in [0.5, 0.6) is 0 Å². The summed E-state index contributed by atoms with van der Waals surface area (Å²) in [7, 11) is 0. The van der Waals surface area contributed by atoms with Gasteiger partial charge < -0.3 is 15.5 Å². The molecule has 0 atom stereocenters. The molecule has 0 unspecified atom stereocenters. The van der Waals surface area contributed by atoms with Crippen molar-refractivity contribution in [1.82, 2.24) is 15.1 Å². The van der Waals surface area contributed by atoms with Gasteiger partial charge in [0, 0.05) is 37.9 Å². The molecule has 124 valence electrons. The maximum absolute atomic E-state index is 12.2. The fraction of sp³-hybridized carbons (Fsp3) is 0.529. The number of carbonyl (C=O) groups is 2. The first-order valence-electron chi connectivity index (χ1n) is 8.29. The highest BCUT2D eigenvalue weighted by Crippen LogP contribution is 2.18. The van der Waals surface area contributed by atoms with E-state index in [4.69, 9.17) is 0 Å². The van der Waals surface area contributed by atoms with Gasteiger partial charge in [0.1, 0.15) is 0 Å². The van der Waals surface area contributed by atoms with E-state index in [1.807, 2.05) is 35.2 Å². The molecule has 1 aliphatic carbocycles. The molecule has 0 radical (unpaired) electrons. The van der Waals surface area contributed by atoms with Crippen molar-refractivity contribution in [3.8, 4) is 0 Å². The van der Waals surface area contributed by atoms with Crippen molar-refractivity contribution >= 4 is 17.5 Å². The number of anilines is 1. The molecular weight excluding hydrogens is 292 g/mol. The molecule has 1 aromatic rings. The van der Waals surface area contributed by atoms with Crippen LogP contribution in [0.15, 0.2) is 30.3 Å². The van der Waals surface area contributed by atoms with E-state index >= 15 is 0 Å². The standard InChI is InChI=1S/C17H24N4O2/c22-16(19-15-6-7-15)13-20-8-10-21(11-9-20)17(23)12-18-14-4-2-1-3-5-14/h1-5,15,18H,6-13H2,(H,19,22). The first-order valence-corrected chi connectivity index (χ1v) is 8.29. The Hall–Kier alpha value is -2.08. The Kier molecular flexibility index (Phi) is 5.12. The number of rotatable bonds is 6. The Morgan fingerprint density at radius 2 is 1.74 bits per heavy atom. The number of nitrogens with one attached hydrogen (secondary N) is 2. The minimum Gasteiger partial charge on any atom is -0.376 e. The third-order valence-electron chi connectivity index (χ3n) is 4.25. The normalized spacial score (nSPS) is 18.5. The Morgan fingerprint density at radius 3 is 2.39 bits per heavy atom. The predicted octanol–water partition coefficient (Wildman–Crippen LogP) is 0.521. The van der Waals surface area contributed by atoms with E-state index < -0.39 is 0 Å². The lowest BCUT2D eigenvalue weighted by Gasteiger charge is -2.34. The zero-order valence-corrected chi connectivity index (χ0v) is 13.3. The van der Waals surface area contributed by atoms with Crippen LogP contribution in [0.2, 0.25) is 0 Å². The largest absolute Gasteiger partial charge is 0.376 e. The number of carbonyl (C=O) groups excluding carboxylic acids is 2. The van der Waals surface area contributed by atoms with Crippen LogP contribution in [0, 0.1) is 0 Å². The van der Waals surface area contributed by atoms with E-state index in [1.54, 1.807) is 0 Å². The van der Waals surface area contributed by atoms with E-state index in [0.717, 1.165) is 31.6 Å². The molecule has 23 heavy (non-hydrogen) atoms. The molecule has 2 fully saturated rings. The molecule has 2 amide bonds. The van der Waals surface area contributed by atoms with Crippen LogP contribution in [0.3, 0.4) is 0 Å². The first-order chi connectivity index (χ1) is 11.2. The Bertz CT molecular complexity index is 537. The highest BCUT2D eigenvalue weighted by molar-refractivity contribution is 5.81. The summed E-state index contributed by atoms with van der Waals surface area (Å²) in [6.45, 7) is 3.65. The third-order valence-corrected chi connectivity index (χ3v) is 4.25. The van der Waals surface area contributed by atoms with Gasteiger partial charge in [-0.3, -0.25) is 14.5 Å². The highest BCUT2D eigenvalue weighted by Gasteiger charge is 2.26. The fourth-order valence-corrected chi connectivity index (χ4v) is 2.70. The van der Waals surface area contributed by atoms with Crippen molar-refractivity contribution in [2.45, 2.75) is 18.9 Å². The van der Waals surface area contributed by atoms with Crippen LogP contribution in [-0.4, -0.2) is 66.9 Å². The Balaban J connectivity index is 1.36. The molecule has 1 saturated carbocycles. The molecule has 1 aromatic carbocycles. The number of hydrogen-bond acceptors (Lipinski definition) is 4. The number of hydrogen-bond donors (Lipinski definition) is 2. The molecule has 0 bridgehead atoms. The zero-order chi connectivity index (χ0) is 16.1. The van der Waals surface area contributed by atoms with Crippen molar-refractivity contribution in [2.75, 3.05) is 44.6 Å². The van der Waals surface area contributed by atoms with E-state index in [2.05, 4.69) is 15.5 Å². The van der Waals surface area contributed by atoms with Gasteiger partial charge in [0.05, 0.1) is 13.1 Å². The monoisotopic (exact) mass is 316 g/mol. The second-order valence-corrected chi connectivity index (χ2v) is 6.22. The fourth-order valence-electron chi connectivity index (χ4n) is 2.70. The molecule has 1 heterocycles. The van der Waals surface area contributed by atoms with Gasteiger partial charge in [-0.25, -0.2) is 0 Å². The molecular formula is C17H24N4O2. The van der Waals surface area contributed by atoms with Crippen LogP contribution in [0.4, 0.5) is 5.69 Å². The van der Waals surface area contributed by atoms with Gasteiger partial charge >= 0.3 is 0 Å². The van der Waals surface area contributed by atoms with Gasteiger partial charge in [0.2, 0.25) is 11.8 Å². The summed E-state index contributed by atoms with van der Waals surface area (Å²) in [6, 6.07) is 10.1. The molecule has 1 saturated heterocycles. The van der Waals surface area contributed by atoms with E-state index in [-0.39, 0.29) is 11.8 Å². The number of benzene rings is 1. The molecule has 0 spiro atoms. The SMILES string of the molecule is O=C(CN1CCN(C(=O)CNc2ccccc2)CC1)NC1CC1. The number of amides is 2. The molecule has 2 N–H and O–H groups in total. The summed E-state index contributed by atoms with van der Waals surface area (Å²) in [4.78, 5) is 28.0. The summed E-state index contributed by atoms with van der Waals surface area (Å²) in [5.41, 5.74) is 0.955. The summed E-state index contributed by atoms with van der Waals surface area (Å²) in [5, 5.41) is 6.15. The van der Waals surface area contributed by atoms with Gasteiger partial charge in [-0.05, 0) is 25.0 Å². The average Bonchev–Trinajstić information content (AvgIpc) is 3.38. The molecule has 6 heteroatoms. The van der Waals surface area contributed by atoms with Crippen LogP contribution < -0.4 is 10.6 Å². The third kappa shape index (κ3) is 4.96. The molecule has 1 aliphatic heterocycles. The molecule has 3 rings (SSSR count). The van der Waals surface area contributed by atoms with Crippen LogP contribution in [0.25, 0.3) is 0 Å². The van der Waals surface area contributed by atoms with Crippen LogP contribution >= 0.6 is 0 Å². The maximum atomic E-state index is 12.2. The quantitative estimate of drug-likeness (QED) is 0.803. The van der Waals surface area contributed by atoms with Crippen molar-refractivity contribution in [3.63, 3.8) is 0 Å². The summed E-state index contributed by atoms with van der Waals surface area (Å²) in [6.07, 6.45) is 2.23. The second-order valence-electron chi connectivity index (χ2n) is 6.22. The average molecular weight is 316 g/mol. The van der Waals surface area contributed by atoms with E-state index in [1.165, 1.54) is 0 Å². The van der Waals surface area contributed by atoms with E-state index in [9.17, 15) is 9.59 Å².